The standard InChI is InChI=1S/C19H38O4Si/c1-10-22-18(21)16(4)13-15(3)17(20)14(2)11-12-23-24(8,9)19(5,6)7/h13-15,17,20H,10-12H2,1-9H3/b16-13+/t14-,15+,17-/m0/s1. The van der Waals surface area contributed by atoms with Crippen LogP contribution in [0.1, 0.15) is 54.9 Å². The molecule has 0 radical (unpaired) electrons. The topological polar surface area (TPSA) is 55.8 Å². The summed E-state index contributed by atoms with van der Waals surface area (Å²) < 4.78 is 11.2. The maximum Gasteiger partial charge on any atom is 0.333 e. The first-order valence-electron chi connectivity index (χ1n) is 9.01. The monoisotopic (exact) mass is 358 g/mol. The Morgan fingerprint density at radius 2 is 1.79 bits per heavy atom. The van der Waals surface area contributed by atoms with Gasteiger partial charge in [-0.05, 0) is 44.3 Å². The van der Waals surface area contributed by atoms with Crippen LogP contribution in [-0.4, -0.2) is 38.7 Å². The van der Waals surface area contributed by atoms with Crippen molar-refractivity contribution >= 4 is 14.3 Å². The number of carbonyl (C=O) groups is 1. The van der Waals surface area contributed by atoms with Gasteiger partial charge in [0.25, 0.3) is 0 Å². The van der Waals surface area contributed by atoms with Crippen molar-refractivity contribution in [1.82, 2.24) is 0 Å². The highest BCUT2D eigenvalue weighted by Gasteiger charge is 2.37. The van der Waals surface area contributed by atoms with E-state index in [1.54, 1.807) is 19.9 Å². The van der Waals surface area contributed by atoms with Gasteiger partial charge in [-0.2, -0.15) is 0 Å². The van der Waals surface area contributed by atoms with Crippen LogP contribution in [0.25, 0.3) is 0 Å². The van der Waals surface area contributed by atoms with Crippen LogP contribution in [0.2, 0.25) is 18.1 Å². The van der Waals surface area contributed by atoms with Gasteiger partial charge >= 0.3 is 5.97 Å². The van der Waals surface area contributed by atoms with Gasteiger partial charge in [-0.15, -0.1) is 0 Å². The number of esters is 1. The lowest BCUT2D eigenvalue weighted by molar-refractivity contribution is -0.138. The van der Waals surface area contributed by atoms with Gasteiger partial charge in [0.1, 0.15) is 0 Å². The minimum atomic E-state index is -1.74. The molecule has 0 aromatic heterocycles. The minimum Gasteiger partial charge on any atom is -0.463 e. The summed E-state index contributed by atoms with van der Waals surface area (Å²) in [7, 11) is -1.74. The van der Waals surface area contributed by atoms with Gasteiger partial charge in [-0.3, -0.25) is 0 Å². The highest BCUT2D eigenvalue weighted by molar-refractivity contribution is 6.74. The first-order valence-corrected chi connectivity index (χ1v) is 11.9. The molecule has 1 N–H and O–H groups in total. The van der Waals surface area contributed by atoms with Gasteiger partial charge in [-0.25, -0.2) is 4.79 Å². The van der Waals surface area contributed by atoms with E-state index >= 15 is 0 Å². The molecule has 0 aliphatic rings. The van der Waals surface area contributed by atoms with Crippen LogP contribution in [0.5, 0.6) is 0 Å². The SMILES string of the molecule is CCOC(=O)/C(C)=C/[C@@H](C)[C@@H](O)[C@@H](C)CCO[Si](C)(C)C(C)(C)C. The number of carbonyl (C=O) groups excluding carboxylic acids is 1. The Hall–Kier alpha value is -0.653. The van der Waals surface area contributed by atoms with Gasteiger partial charge < -0.3 is 14.3 Å². The molecule has 0 heterocycles. The number of hydrogen-bond acceptors (Lipinski definition) is 4. The van der Waals surface area contributed by atoms with E-state index in [1.165, 1.54) is 0 Å². The molecule has 24 heavy (non-hydrogen) atoms. The lowest BCUT2D eigenvalue weighted by Gasteiger charge is -2.36. The summed E-state index contributed by atoms with van der Waals surface area (Å²) in [5.41, 5.74) is 0.549. The van der Waals surface area contributed by atoms with Gasteiger partial charge in [0.05, 0.1) is 12.7 Å². The molecule has 0 spiro atoms. The Morgan fingerprint density at radius 3 is 2.25 bits per heavy atom. The molecule has 0 aliphatic carbocycles. The van der Waals surface area contributed by atoms with E-state index in [1.807, 2.05) is 13.8 Å². The van der Waals surface area contributed by atoms with E-state index in [2.05, 4.69) is 33.9 Å². The van der Waals surface area contributed by atoms with Crippen molar-refractivity contribution in [1.29, 1.82) is 0 Å². The van der Waals surface area contributed by atoms with Crippen LogP contribution in [0.3, 0.4) is 0 Å². The second-order valence-corrected chi connectivity index (χ2v) is 13.1. The fraction of sp³-hybridized carbons (Fsp3) is 0.842. The van der Waals surface area contributed by atoms with Gasteiger partial charge in [0.2, 0.25) is 0 Å². The largest absolute Gasteiger partial charge is 0.463 e. The van der Waals surface area contributed by atoms with Crippen LogP contribution in [-0.2, 0) is 14.0 Å². The molecular formula is C19H38O4Si. The third kappa shape index (κ3) is 7.49. The molecule has 0 aromatic carbocycles. The van der Waals surface area contributed by atoms with Crippen molar-refractivity contribution in [2.75, 3.05) is 13.2 Å². The van der Waals surface area contributed by atoms with Gasteiger partial charge in [-0.1, -0.05) is 40.7 Å². The van der Waals surface area contributed by atoms with E-state index in [9.17, 15) is 9.90 Å². The molecule has 142 valence electrons. The second-order valence-electron chi connectivity index (χ2n) is 8.29. The maximum absolute atomic E-state index is 11.7. The average molecular weight is 359 g/mol. The number of rotatable bonds is 9. The molecule has 0 saturated carbocycles. The van der Waals surface area contributed by atoms with Gasteiger partial charge in [0.15, 0.2) is 8.32 Å². The lowest BCUT2D eigenvalue weighted by Crippen LogP contribution is -2.41. The molecule has 0 unspecified atom stereocenters. The molecule has 0 aromatic rings. The maximum atomic E-state index is 11.7. The van der Waals surface area contributed by atoms with Crippen LogP contribution >= 0.6 is 0 Å². The van der Waals surface area contributed by atoms with Crippen molar-refractivity contribution in [3.63, 3.8) is 0 Å². The average Bonchev–Trinajstić information content (AvgIpc) is 2.44. The summed E-state index contributed by atoms with van der Waals surface area (Å²) in [6.45, 7) is 19.7. The van der Waals surface area contributed by atoms with E-state index < -0.39 is 14.4 Å². The highest BCUT2D eigenvalue weighted by Crippen LogP contribution is 2.36. The Kier molecular flexibility index (Phi) is 9.47. The third-order valence-corrected chi connectivity index (χ3v) is 9.61. The van der Waals surface area contributed by atoms with E-state index in [4.69, 9.17) is 9.16 Å². The van der Waals surface area contributed by atoms with E-state index in [-0.39, 0.29) is 22.8 Å². The molecular weight excluding hydrogens is 320 g/mol. The molecule has 5 heteroatoms. The Balaban J connectivity index is 4.54. The van der Waals surface area contributed by atoms with Crippen molar-refractivity contribution in [3.8, 4) is 0 Å². The molecule has 0 saturated heterocycles. The van der Waals surface area contributed by atoms with E-state index in [0.29, 0.717) is 18.8 Å². The summed E-state index contributed by atoms with van der Waals surface area (Å²) in [4.78, 5) is 11.7. The summed E-state index contributed by atoms with van der Waals surface area (Å²) in [6.07, 6.45) is 2.11. The first kappa shape index (κ1) is 23.3. The smallest absolute Gasteiger partial charge is 0.333 e. The van der Waals surface area contributed by atoms with Crippen molar-refractivity contribution < 1.29 is 19.1 Å². The number of aliphatic hydroxyl groups is 1. The Morgan fingerprint density at radius 1 is 1.25 bits per heavy atom. The summed E-state index contributed by atoms with van der Waals surface area (Å²) in [6, 6.07) is 0. The van der Waals surface area contributed by atoms with Crippen LogP contribution in [0.15, 0.2) is 11.6 Å². The zero-order chi connectivity index (χ0) is 19.1. The third-order valence-electron chi connectivity index (χ3n) is 5.07. The van der Waals surface area contributed by atoms with Crippen LogP contribution in [0.4, 0.5) is 0 Å². The second kappa shape index (κ2) is 9.73. The Labute approximate surface area is 149 Å². The van der Waals surface area contributed by atoms with Crippen molar-refractivity contribution in [2.45, 2.75) is 79.1 Å². The van der Waals surface area contributed by atoms with Crippen LogP contribution < -0.4 is 0 Å². The molecule has 4 nitrogen and oxygen atoms in total. The predicted octanol–water partition coefficient (Wildman–Crippen LogP) is 4.54. The highest BCUT2D eigenvalue weighted by atomic mass is 28.4. The van der Waals surface area contributed by atoms with Crippen molar-refractivity contribution in [2.24, 2.45) is 11.8 Å². The summed E-state index contributed by atoms with van der Waals surface area (Å²) in [5.74, 6) is -0.307. The van der Waals surface area contributed by atoms with Crippen LogP contribution in [0, 0.1) is 11.8 Å². The zero-order valence-electron chi connectivity index (χ0n) is 17.1. The molecule has 0 fully saturated rings. The van der Waals surface area contributed by atoms with Gasteiger partial charge in [0, 0.05) is 18.1 Å². The van der Waals surface area contributed by atoms with Crippen molar-refractivity contribution in [3.05, 3.63) is 11.6 Å². The lowest BCUT2D eigenvalue weighted by atomic mass is 9.90. The Bertz CT molecular complexity index is 424. The summed E-state index contributed by atoms with van der Waals surface area (Å²) in [5, 5.41) is 10.7. The number of ether oxygens (including phenoxy) is 1. The molecule has 0 rings (SSSR count). The quantitative estimate of drug-likeness (QED) is 0.373. The van der Waals surface area contributed by atoms with E-state index in [0.717, 1.165) is 6.42 Å². The fourth-order valence-corrected chi connectivity index (χ4v) is 3.27. The zero-order valence-corrected chi connectivity index (χ0v) is 18.1. The predicted molar refractivity (Wildman–Crippen MR) is 102 cm³/mol. The first-order chi connectivity index (χ1) is 10.8. The fourth-order valence-electron chi connectivity index (χ4n) is 2.21. The molecule has 0 bridgehead atoms. The summed E-state index contributed by atoms with van der Waals surface area (Å²) >= 11 is 0. The molecule has 3 atom stereocenters. The minimum absolute atomic E-state index is 0.0997. The molecule has 0 amide bonds. The normalized spacial score (nSPS) is 17.3. The number of hydrogen-bond donors (Lipinski definition) is 1. The molecule has 0 aliphatic heterocycles. The number of aliphatic hydroxyl groups excluding tert-OH is 1.